The van der Waals surface area contributed by atoms with E-state index in [-0.39, 0.29) is 5.78 Å². The van der Waals surface area contributed by atoms with Gasteiger partial charge in [0.25, 0.3) is 0 Å². The summed E-state index contributed by atoms with van der Waals surface area (Å²) in [5.41, 5.74) is 2.29. The van der Waals surface area contributed by atoms with E-state index in [1.165, 1.54) is 0 Å². The zero-order valence-electron chi connectivity index (χ0n) is 11.0. The van der Waals surface area contributed by atoms with Crippen LogP contribution in [0.5, 0.6) is 0 Å². The summed E-state index contributed by atoms with van der Waals surface area (Å²) in [6.07, 6.45) is 1.75. The molecule has 2 rings (SSSR count). The summed E-state index contributed by atoms with van der Waals surface area (Å²) < 4.78 is 0. The predicted octanol–water partition coefficient (Wildman–Crippen LogP) is 3.05. The predicted molar refractivity (Wildman–Crippen MR) is 68.9 cm³/mol. The van der Waals surface area contributed by atoms with Gasteiger partial charge >= 0.3 is 5.97 Å². The largest absolute Gasteiger partial charge is 0.480 e. The fraction of sp³-hybridized carbons (Fsp3) is 0.467. The van der Waals surface area contributed by atoms with Gasteiger partial charge in [-0.15, -0.1) is 0 Å². The van der Waals surface area contributed by atoms with Crippen molar-refractivity contribution in [3.8, 4) is 0 Å². The standard InChI is InChI=1S/C15H18O3/c1-9-7-10(2)12(11(3)8-9)13(16)15(14(17)18)5-4-6-15/h7-8H,4-6H2,1-3H3,(H,17,18). The molecule has 1 aliphatic rings. The molecule has 18 heavy (non-hydrogen) atoms. The van der Waals surface area contributed by atoms with Gasteiger partial charge in [0.15, 0.2) is 5.78 Å². The first-order valence-electron chi connectivity index (χ1n) is 6.24. The van der Waals surface area contributed by atoms with Crippen LogP contribution in [0.4, 0.5) is 0 Å². The number of carbonyl (C=O) groups excluding carboxylic acids is 1. The zero-order valence-corrected chi connectivity index (χ0v) is 11.0. The molecule has 0 bridgehead atoms. The third-order valence-electron chi connectivity index (χ3n) is 3.96. The molecule has 1 aromatic rings. The lowest BCUT2D eigenvalue weighted by atomic mass is 9.64. The number of aryl methyl sites for hydroxylation is 3. The van der Waals surface area contributed by atoms with Crippen molar-refractivity contribution in [2.45, 2.75) is 40.0 Å². The lowest BCUT2D eigenvalue weighted by molar-refractivity contribution is -0.150. The van der Waals surface area contributed by atoms with Crippen LogP contribution in [0.2, 0.25) is 0 Å². The number of rotatable bonds is 3. The van der Waals surface area contributed by atoms with Crippen LogP contribution in [0, 0.1) is 26.2 Å². The molecule has 3 heteroatoms. The van der Waals surface area contributed by atoms with Gasteiger partial charge in [0, 0.05) is 5.56 Å². The van der Waals surface area contributed by atoms with Crippen molar-refractivity contribution >= 4 is 11.8 Å². The average molecular weight is 246 g/mol. The minimum atomic E-state index is -1.16. The molecule has 1 aliphatic carbocycles. The number of hydrogen-bond donors (Lipinski definition) is 1. The smallest absolute Gasteiger partial charge is 0.317 e. The summed E-state index contributed by atoms with van der Waals surface area (Å²) in [4.78, 5) is 23.9. The molecule has 0 aromatic heterocycles. The van der Waals surface area contributed by atoms with E-state index in [1.807, 2.05) is 32.9 Å². The lowest BCUT2D eigenvalue weighted by Crippen LogP contribution is -2.45. The third kappa shape index (κ3) is 1.74. The van der Waals surface area contributed by atoms with Gasteiger partial charge in [-0.1, -0.05) is 24.1 Å². The molecular weight excluding hydrogens is 228 g/mol. The topological polar surface area (TPSA) is 54.4 Å². The molecule has 0 heterocycles. The molecule has 96 valence electrons. The number of aliphatic carboxylic acids is 1. The van der Waals surface area contributed by atoms with Crippen molar-refractivity contribution in [1.29, 1.82) is 0 Å². The van der Waals surface area contributed by atoms with Crippen LogP contribution < -0.4 is 0 Å². The van der Waals surface area contributed by atoms with Crippen LogP contribution in [-0.4, -0.2) is 16.9 Å². The Hall–Kier alpha value is -1.64. The van der Waals surface area contributed by atoms with E-state index in [4.69, 9.17) is 0 Å². The van der Waals surface area contributed by atoms with Gasteiger partial charge in [-0.05, 0) is 44.7 Å². The van der Waals surface area contributed by atoms with Crippen molar-refractivity contribution in [3.05, 3.63) is 34.4 Å². The Labute approximate surface area is 107 Å². The first-order valence-corrected chi connectivity index (χ1v) is 6.24. The third-order valence-corrected chi connectivity index (χ3v) is 3.96. The number of benzene rings is 1. The molecule has 0 unspecified atom stereocenters. The van der Waals surface area contributed by atoms with Gasteiger partial charge in [0.05, 0.1) is 0 Å². The molecule has 1 aromatic carbocycles. The van der Waals surface area contributed by atoms with Crippen LogP contribution in [0.15, 0.2) is 12.1 Å². The molecular formula is C15H18O3. The van der Waals surface area contributed by atoms with E-state index < -0.39 is 11.4 Å². The second-order valence-corrected chi connectivity index (χ2v) is 5.34. The highest BCUT2D eigenvalue weighted by molar-refractivity contribution is 6.14. The van der Waals surface area contributed by atoms with Crippen LogP contribution >= 0.6 is 0 Å². The van der Waals surface area contributed by atoms with E-state index in [0.717, 1.165) is 23.1 Å². The molecule has 1 N–H and O–H groups in total. The molecule has 3 nitrogen and oxygen atoms in total. The molecule has 0 atom stereocenters. The number of carboxylic acid groups (broad SMARTS) is 1. The molecule has 0 amide bonds. The molecule has 0 spiro atoms. The van der Waals surface area contributed by atoms with Gasteiger partial charge in [-0.25, -0.2) is 0 Å². The average Bonchev–Trinajstić information content (AvgIpc) is 2.12. The Balaban J connectivity index is 2.50. The molecule has 0 aliphatic heterocycles. The van der Waals surface area contributed by atoms with Crippen molar-refractivity contribution in [2.24, 2.45) is 5.41 Å². The maximum Gasteiger partial charge on any atom is 0.317 e. The molecule has 0 radical (unpaired) electrons. The Morgan fingerprint density at radius 1 is 1.11 bits per heavy atom. The first-order chi connectivity index (χ1) is 8.38. The Kier molecular flexibility index (Phi) is 3.01. The van der Waals surface area contributed by atoms with Crippen molar-refractivity contribution in [3.63, 3.8) is 0 Å². The summed E-state index contributed by atoms with van der Waals surface area (Å²) in [6.45, 7) is 5.73. The second kappa shape index (κ2) is 4.23. The van der Waals surface area contributed by atoms with Gasteiger partial charge < -0.3 is 5.11 Å². The summed E-state index contributed by atoms with van der Waals surface area (Å²) >= 11 is 0. The fourth-order valence-corrected chi connectivity index (χ4v) is 2.85. The quantitative estimate of drug-likeness (QED) is 0.658. The van der Waals surface area contributed by atoms with E-state index in [1.54, 1.807) is 0 Å². The Bertz CT molecular complexity index is 502. The number of carbonyl (C=O) groups is 2. The van der Waals surface area contributed by atoms with E-state index in [9.17, 15) is 14.7 Å². The second-order valence-electron chi connectivity index (χ2n) is 5.34. The van der Waals surface area contributed by atoms with Gasteiger partial charge in [-0.2, -0.15) is 0 Å². The summed E-state index contributed by atoms with van der Waals surface area (Å²) in [7, 11) is 0. The van der Waals surface area contributed by atoms with Gasteiger partial charge in [0.1, 0.15) is 5.41 Å². The van der Waals surface area contributed by atoms with Crippen molar-refractivity contribution in [2.75, 3.05) is 0 Å². The number of Topliss-reactive ketones (excluding diaryl/α,β-unsaturated/α-hetero) is 1. The highest BCUT2D eigenvalue weighted by Crippen LogP contribution is 2.44. The van der Waals surface area contributed by atoms with E-state index in [2.05, 4.69) is 0 Å². The molecule has 1 fully saturated rings. The van der Waals surface area contributed by atoms with Crippen LogP contribution in [0.3, 0.4) is 0 Å². The summed E-state index contributed by atoms with van der Waals surface area (Å²) in [5, 5.41) is 9.33. The Morgan fingerprint density at radius 3 is 1.94 bits per heavy atom. The normalized spacial score (nSPS) is 17.1. The number of carboxylic acids is 1. The highest BCUT2D eigenvalue weighted by atomic mass is 16.4. The maximum atomic E-state index is 12.6. The highest BCUT2D eigenvalue weighted by Gasteiger charge is 2.51. The number of ketones is 1. The molecule has 0 saturated heterocycles. The van der Waals surface area contributed by atoms with Crippen molar-refractivity contribution < 1.29 is 14.7 Å². The van der Waals surface area contributed by atoms with Gasteiger partial charge in [-0.3, -0.25) is 9.59 Å². The van der Waals surface area contributed by atoms with Crippen LogP contribution in [0.1, 0.15) is 46.3 Å². The fourth-order valence-electron chi connectivity index (χ4n) is 2.85. The molecule has 1 saturated carbocycles. The maximum absolute atomic E-state index is 12.6. The minimum absolute atomic E-state index is 0.212. The Morgan fingerprint density at radius 2 is 1.61 bits per heavy atom. The minimum Gasteiger partial charge on any atom is -0.480 e. The zero-order chi connectivity index (χ0) is 13.5. The lowest BCUT2D eigenvalue weighted by Gasteiger charge is -2.36. The first kappa shape index (κ1) is 12.8. The SMILES string of the molecule is Cc1cc(C)c(C(=O)C2(C(=O)O)CCC2)c(C)c1. The van der Waals surface area contributed by atoms with Crippen LogP contribution in [-0.2, 0) is 4.79 Å². The van der Waals surface area contributed by atoms with Crippen LogP contribution in [0.25, 0.3) is 0 Å². The van der Waals surface area contributed by atoms with E-state index >= 15 is 0 Å². The van der Waals surface area contributed by atoms with E-state index in [0.29, 0.717) is 18.4 Å². The summed E-state index contributed by atoms with van der Waals surface area (Å²) in [6, 6.07) is 3.88. The number of hydrogen-bond acceptors (Lipinski definition) is 2. The summed E-state index contributed by atoms with van der Waals surface area (Å²) in [5.74, 6) is -1.19. The van der Waals surface area contributed by atoms with Gasteiger partial charge in [0.2, 0.25) is 0 Å². The van der Waals surface area contributed by atoms with Crippen molar-refractivity contribution in [1.82, 2.24) is 0 Å². The monoisotopic (exact) mass is 246 g/mol.